The predicted molar refractivity (Wildman–Crippen MR) is 63.3 cm³/mol. The Balaban J connectivity index is 2.23. The van der Waals surface area contributed by atoms with E-state index in [4.69, 9.17) is 4.42 Å². The molecule has 0 amide bonds. The highest BCUT2D eigenvalue weighted by Gasteiger charge is 2.09. The number of likely N-dealkylation sites (N-methyl/N-ethyl adjacent to an activating group) is 1. The molecular weight excluding hydrogens is 202 g/mol. The predicted octanol–water partition coefficient (Wildman–Crippen LogP) is 1.75. The largest absolute Gasteiger partial charge is 0.460 e. The van der Waals surface area contributed by atoms with Crippen LogP contribution in [0.25, 0.3) is 11.5 Å². The molecule has 4 heteroatoms. The third-order valence-corrected chi connectivity index (χ3v) is 2.56. The highest BCUT2D eigenvalue weighted by Crippen LogP contribution is 2.20. The normalized spacial score (nSPS) is 10.9. The summed E-state index contributed by atoms with van der Waals surface area (Å²) in [5, 5.41) is 3.12. The SMILES string of the molecule is CNCCc1nc(-c2ccc(C)o2)cn1C. The Morgan fingerprint density at radius 2 is 2.25 bits per heavy atom. The van der Waals surface area contributed by atoms with Crippen molar-refractivity contribution in [3.05, 3.63) is 29.9 Å². The molecule has 2 aromatic rings. The molecule has 0 saturated carbocycles. The van der Waals surface area contributed by atoms with Gasteiger partial charge in [-0.3, -0.25) is 0 Å². The first-order valence-corrected chi connectivity index (χ1v) is 5.44. The molecule has 0 aromatic carbocycles. The molecule has 0 unspecified atom stereocenters. The van der Waals surface area contributed by atoms with Crippen molar-refractivity contribution in [1.82, 2.24) is 14.9 Å². The fourth-order valence-corrected chi connectivity index (χ4v) is 1.66. The van der Waals surface area contributed by atoms with Crippen LogP contribution in [-0.2, 0) is 13.5 Å². The van der Waals surface area contributed by atoms with Crippen molar-refractivity contribution in [3.8, 4) is 11.5 Å². The minimum Gasteiger partial charge on any atom is -0.460 e. The van der Waals surface area contributed by atoms with E-state index in [9.17, 15) is 0 Å². The summed E-state index contributed by atoms with van der Waals surface area (Å²) < 4.78 is 7.60. The van der Waals surface area contributed by atoms with E-state index in [-0.39, 0.29) is 0 Å². The number of nitrogens with one attached hydrogen (secondary N) is 1. The highest BCUT2D eigenvalue weighted by atomic mass is 16.3. The van der Waals surface area contributed by atoms with Gasteiger partial charge in [-0.1, -0.05) is 0 Å². The summed E-state index contributed by atoms with van der Waals surface area (Å²) in [5.74, 6) is 2.82. The van der Waals surface area contributed by atoms with Crippen molar-refractivity contribution >= 4 is 0 Å². The number of rotatable bonds is 4. The van der Waals surface area contributed by atoms with E-state index in [1.54, 1.807) is 0 Å². The van der Waals surface area contributed by atoms with E-state index in [2.05, 4.69) is 10.3 Å². The molecule has 4 nitrogen and oxygen atoms in total. The first-order chi connectivity index (χ1) is 7.70. The van der Waals surface area contributed by atoms with Gasteiger partial charge in [0.2, 0.25) is 0 Å². The van der Waals surface area contributed by atoms with Crippen LogP contribution in [0.5, 0.6) is 0 Å². The standard InChI is InChI=1S/C12H17N3O/c1-9-4-5-11(16-9)10-8-15(3)12(14-10)6-7-13-2/h4-5,8,13H,6-7H2,1-3H3. The molecular formula is C12H17N3O. The van der Waals surface area contributed by atoms with Gasteiger partial charge in [0.25, 0.3) is 0 Å². The lowest BCUT2D eigenvalue weighted by Crippen LogP contribution is -2.12. The molecule has 0 saturated heterocycles. The number of imidazole rings is 1. The van der Waals surface area contributed by atoms with Crippen LogP contribution in [-0.4, -0.2) is 23.1 Å². The van der Waals surface area contributed by atoms with Crippen LogP contribution in [0, 0.1) is 6.92 Å². The molecule has 86 valence electrons. The number of furan rings is 1. The molecule has 0 radical (unpaired) electrons. The van der Waals surface area contributed by atoms with Crippen LogP contribution >= 0.6 is 0 Å². The van der Waals surface area contributed by atoms with Crippen molar-refractivity contribution in [2.75, 3.05) is 13.6 Å². The van der Waals surface area contributed by atoms with Gasteiger partial charge >= 0.3 is 0 Å². The Kier molecular flexibility index (Phi) is 3.10. The van der Waals surface area contributed by atoms with Crippen LogP contribution in [0.1, 0.15) is 11.6 Å². The summed E-state index contributed by atoms with van der Waals surface area (Å²) in [6.07, 6.45) is 2.93. The van der Waals surface area contributed by atoms with Gasteiger partial charge in [0.05, 0.1) is 0 Å². The average Bonchev–Trinajstić information content (AvgIpc) is 2.82. The quantitative estimate of drug-likeness (QED) is 0.852. The number of hydrogen-bond donors (Lipinski definition) is 1. The highest BCUT2D eigenvalue weighted by molar-refractivity contribution is 5.51. The van der Waals surface area contributed by atoms with Gasteiger partial charge in [0.1, 0.15) is 17.3 Å². The van der Waals surface area contributed by atoms with Gasteiger partial charge in [-0.05, 0) is 26.1 Å². The van der Waals surface area contributed by atoms with Gasteiger partial charge in [0.15, 0.2) is 5.76 Å². The zero-order valence-corrected chi connectivity index (χ0v) is 9.95. The lowest BCUT2D eigenvalue weighted by molar-refractivity contribution is 0.546. The lowest BCUT2D eigenvalue weighted by Gasteiger charge is -1.99. The fourth-order valence-electron chi connectivity index (χ4n) is 1.66. The molecule has 2 aromatic heterocycles. The fraction of sp³-hybridized carbons (Fsp3) is 0.417. The van der Waals surface area contributed by atoms with Crippen LogP contribution in [0.3, 0.4) is 0 Å². The summed E-state index contributed by atoms with van der Waals surface area (Å²) in [5.41, 5.74) is 0.904. The second-order valence-corrected chi connectivity index (χ2v) is 3.92. The van der Waals surface area contributed by atoms with E-state index in [0.717, 1.165) is 36.0 Å². The second kappa shape index (κ2) is 4.53. The van der Waals surface area contributed by atoms with Crippen LogP contribution in [0.15, 0.2) is 22.7 Å². The Labute approximate surface area is 95.3 Å². The lowest BCUT2D eigenvalue weighted by atomic mass is 10.3. The van der Waals surface area contributed by atoms with E-state index < -0.39 is 0 Å². The molecule has 2 rings (SSSR count). The van der Waals surface area contributed by atoms with E-state index in [1.807, 2.05) is 43.9 Å². The maximum atomic E-state index is 5.55. The van der Waals surface area contributed by atoms with Crippen LogP contribution in [0.4, 0.5) is 0 Å². The molecule has 0 aliphatic heterocycles. The Bertz CT molecular complexity index is 470. The molecule has 0 bridgehead atoms. The minimum atomic E-state index is 0.837. The number of hydrogen-bond acceptors (Lipinski definition) is 3. The number of aromatic nitrogens is 2. The Hall–Kier alpha value is -1.55. The third-order valence-electron chi connectivity index (χ3n) is 2.56. The van der Waals surface area contributed by atoms with Crippen LogP contribution < -0.4 is 5.32 Å². The number of nitrogens with zero attached hydrogens (tertiary/aromatic N) is 2. The van der Waals surface area contributed by atoms with Crippen LogP contribution in [0.2, 0.25) is 0 Å². The molecule has 1 N–H and O–H groups in total. The summed E-state index contributed by atoms with van der Waals surface area (Å²) >= 11 is 0. The minimum absolute atomic E-state index is 0.837. The molecule has 0 atom stereocenters. The molecule has 0 fully saturated rings. The Morgan fingerprint density at radius 3 is 2.88 bits per heavy atom. The van der Waals surface area contributed by atoms with E-state index in [1.165, 1.54) is 0 Å². The summed E-state index contributed by atoms with van der Waals surface area (Å²) in [6.45, 7) is 2.87. The van der Waals surface area contributed by atoms with Gasteiger partial charge < -0.3 is 14.3 Å². The molecule has 16 heavy (non-hydrogen) atoms. The maximum Gasteiger partial charge on any atom is 0.154 e. The third kappa shape index (κ3) is 2.17. The second-order valence-electron chi connectivity index (χ2n) is 3.92. The zero-order chi connectivity index (χ0) is 11.5. The van der Waals surface area contributed by atoms with Gasteiger partial charge in [-0.2, -0.15) is 0 Å². The van der Waals surface area contributed by atoms with E-state index >= 15 is 0 Å². The Morgan fingerprint density at radius 1 is 1.44 bits per heavy atom. The van der Waals surface area contributed by atoms with Gasteiger partial charge in [-0.25, -0.2) is 4.98 Å². The smallest absolute Gasteiger partial charge is 0.154 e. The molecule has 0 aliphatic rings. The van der Waals surface area contributed by atoms with Crippen molar-refractivity contribution in [1.29, 1.82) is 0 Å². The molecule has 2 heterocycles. The number of aryl methyl sites for hydroxylation is 2. The summed E-state index contributed by atoms with van der Waals surface area (Å²) in [4.78, 5) is 4.56. The van der Waals surface area contributed by atoms with Gasteiger partial charge in [-0.15, -0.1) is 0 Å². The van der Waals surface area contributed by atoms with E-state index in [0.29, 0.717) is 0 Å². The molecule has 0 aliphatic carbocycles. The first-order valence-electron chi connectivity index (χ1n) is 5.44. The first kappa shape index (κ1) is 11.0. The topological polar surface area (TPSA) is 43.0 Å². The van der Waals surface area contributed by atoms with Crippen molar-refractivity contribution in [2.45, 2.75) is 13.3 Å². The maximum absolute atomic E-state index is 5.55. The summed E-state index contributed by atoms with van der Waals surface area (Å²) in [7, 11) is 3.96. The average molecular weight is 219 g/mol. The van der Waals surface area contributed by atoms with Crippen molar-refractivity contribution in [2.24, 2.45) is 7.05 Å². The zero-order valence-electron chi connectivity index (χ0n) is 9.95. The monoisotopic (exact) mass is 219 g/mol. The summed E-state index contributed by atoms with van der Waals surface area (Å²) in [6, 6.07) is 3.91. The van der Waals surface area contributed by atoms with Crippen molar-refractivity contribution in [3.63, 3.8) is 0 Å². The van der Waals surface area contributed by atoms with Gasteiger partial charge in [0, 0.05) is 26.2 Å². The van der Waals surface area contributed by atoms with Crippen molar-refractivity contribution < 1.29 is 4.42 Å². The molecule has 0 spiro atoms.